The van der Waals surface area contributed by atoms with Crippen LogP contribution in [0.2, 0.25) is 0 Å². The van der Waals surface area contributed by atoms with Crippen molar-refractivity contribution in [3.63, 3.8) is 0 Å². The number of phenols is 2. The molecule has 0 saturated heterocycles. The van der Waals surface area contributed by atoms with E-state index in [4.69, 9.17) is 5.73 Å². The molecule has 2 aromatic carbocycles. The van der Waals surface area contributed by atoms with Crippen LogP contribution in [0.15, 0.2) is 46.2 Å². The minimum atomic E-state index is 0. The van der Waals surface area contributed by atoms with E-state index in [-0.39, 0.29) is 38.8 Å². The predicted molar refractivity (Wildman–Crippen MR) is 160 cm³/mol. The van der Waals surface area contributed by atoms with Crippen LogP contribution in [0, 0.1) is 11.8 Å². The van der Waals surface area contributed by atoms with Gasteiger partial charge >= 0.3 is 0 Å². The molecule has 0 bridgehead atoms. The Balaban J connectivity index is 0.00000196. The number of benzene rings is 2. The molecule has 3 N–H and O–H groups in total. The van der Waals surface area contributed by atoms with Crippen molar-refractivity contribution in [1.82, 2.24) is 0 Å². The summed E-state index contributed by atoms with van der Waals surface area (Å²) in [5.41, 5.74) is 9.17. The summed E-state index contributed by atoms with van der Waals surface area (Å²) in [7, 11) is 0. The molecule has 214 valence electrons. The van der Waals surface area contributed by atoms with Gasteiger partial charge < -0.3 is 15.9 Å². The number of nitrogens with one attached hydrogen (secondary N) is 1. The molecule has 2 rings (SSSR count). The fraction of sp³-hybridized carbons (Fsp3) is 0.625. The molecule has 0 fully saturated rings. The van der Waals surface area contributed by atoms with Crippen molar-refractivity contribution in [2.45, 2.75) is 121 Å². The molecule has 0 saturated carbocycles. The third-order valence-electron chi connectivity index (χ3n) is 6.98. The number of aromatic hydroxyl groups is 2. The van der Waals surface area contributed by atoms with Gasteiger partial charge in [-0.3, -0.25) is 0 Å². The van der Waals surface area contributed by atoms with Crippen LogP contribution < -0.4 is 0 Å². The van der Waals surface area contributed by atoms with Gasteiger partial charge in [0.25, 0.3) is 0 Å². The monoisotopic (exact) mass is 573 g/mol. The summed E-state index contributed by atoms with van der Waals surface area (Å²) in [6, 6.07) is 11.9. The van der Waals surface area contributed by atoms with Crippen LogP contribution in [0.4, 0.5) is 0 Å². The Bertz CT molecular complexity index is 851. The van der Waals surface area contributed by atoms with Crippen LogP contribution in [-0.4, -0.2) is 16.8 Å². The molecule has 0 unspecified atom stereocenters. The second-order valence-electron chi connectivity index (χ2n) is 12.3. The summed E-state index contributed by atoms with van der Waals surface area (Å²) in [5, 5.41) is 21.1. The van der Waals surface area contributed by atoms with E-state index in [1.54, 1.807) is 0 Å². The first kappa shape index (κ1) is 35.8. The van der Waals surface area contributed by atoms with Crippen LogP contribution in [-0.2, 0) is 39.1 Å². The van der Waals surface area contributed by atoms with Crippen molar-refractivity contribution >= 4 is 11.8 Å². The van der Waals surface area contributed by atoms with E-state index in [0.29, 0.717) is 18.4 Å². The van der Waals surface area contributed by atoms with Crippen LogP contribution in [0.1, 0.15) is 112 Å². The maximum atomic E-state index is 10.6. The van der Waals surface area contributed by atoms with E-state index in [1.165, 1.54) is 24.0 Å². The van der Waals surface area contributed by atoms with E-state index in [1.807, 2.05) is 24.3 Å². The van der Waals surface area contributed by atoms with E-state index < -0.39 is 0 Å². The van der Waals surface area contributed by atoms with E-state index in [2.05, 4.69) is 74.4 Å². The van der Waals surface area contributed by atoms with Gasteiger partial charge in [0.05, 0.1) is 11.8 Å². The van der Waals surface area contributed by atoms with Gasteiger partial charge in [0, 0.05) is 28.6 Å². The van der Waals surface area contributed by atoms with Crippen molar-refractivity contribution in [2.75, 3.05) is 6.54 Å². The quantitative estimate of drug-likeness (QED) is 0.151. The zero-order chi connectivity index (χ0) is 27.5. The number of thiol groups is 1. The van der Waals surface area contributed by atoms with Gasteiger partial charge in [-0.15, -0.1) is 0 Å². The molecular weight excluding hydrogens is 521 g/mol. The minimum Gasteiger partial charge on any atom is -0.677 e. The molecule has 0 heterocycles. The Morgan fingerprint density at radius 3 is 1.41 bits per heavy atom. The molecule has 0 aliphatic carbocycles. The topological polar surface area (TPSA) is 64.3 Å². The van der Waals surface area contributed by atoms with Gasteiger partial charge in [0.2, 0.25) is 0 Å². The summed E-state index contributed by atoms with van der Waals surface area (Å²) < 4.78 is 0. The fourth-order valence-electron chi connectivity index (χ4n) is 3.96. The Morgan fingerprint density at radius 2 is 1.14 bits per heavy atom. The van der Waals surface area contributed by atoms with Crippen LogP contribution >= 0.6 is 0 Å². The smallest absolute Gasteiger partial charge is 0.200 e. The van der Waals surface area contributed by atoms with Gasteiger partial charge in [-0.25, -0.2) is 0 Å². The molecular formula is C32H53NNiO2S. The van der Waals surface area contributed by atoms with Gasteiger partial charge in [-0.1, -0.05) is 100 Å². The van der Waals surface area contributed by atoms with Crippen LogP contribution in [0.3, 0.4) is 0 Å². The molecule has 5 heteroatoms. The minimum absolute atomic E-state index is 0. The number of rotatable bonds is 12. The molecule has 0 aliphatic heterocycles. The molecule has 2 aromatic rings. The maximum absolute atomic E-state index is 10.6. The van der Waals surface area contributed by atoms with Gasteiger partial charge in [-0.2, -0.15) is 6.54 Å². The Labute approximate surface area is 242 Å². The first-order valence-corrected chi connectivity index (χ1v) is 14.7. The van der Waals surface area contributed by atoms with E-state index in [9.17, 15) is 10.2 Å². The van der Waals surface area contributed by atoms with Gasteiger partial charge in [0.1, 0.15) is 0 Å². The Hall–Kier alpha value is -1.16. The molecule has 0 radical (unpaired) electrons. The maximum Gasteiger partial charge on any atom is 0.200 e. The average molecular weight is 575 g/mol. The third-order valence-corrected chi connectivity index (χ3v) is 8.18. The molecule has 0 aliphatic rings. The average Bonchev–Trinajstić information content (AvgIpc) is 2.80. The van der Waals surface area contributed by atoms with Crippen molar-refractivity contribution in [2.24, 2.45) is 11.8 Å². The SMILES string of the molecule is CC(C)CCC(C)(C)c1ccc(O)c([SH+]c2cc(C(C)(C)CCC(C)C)ccc2O)c1.CCCC[NH-].[Ni]. The zero-order valence-electron chi connectivity index (χ0n) is 24.7. The number of unbranched alkanes of at least 4 members (excludes halogenated alkanes) is 1. The fourth-order valence-corrected chi connectivity index (χ4v) is 5.01. The summed E-state index contributed by atoms with van der Waals surface area (Å²) >= 11 is 0.835. The largest absolute Gasteiger partial charge is 0.677 e. The number of phenolic OH excluding ortho intramolecular Hbond substituents is 2. The van der Waals surface area contributed by atoms with Crippen molar-refractivity contribution in [3.05, 3.63) is 53.3 Å². The van der Waals surface area contributed by atoms with Crippen LogP contribution in [0.25, 0.3) is 5.73 Å². The Kier molecular flexibility index (Phi) is 16.2. The predicted octanol–water partition coefficient (Wildman–Crippen LogP) is 9.59. The van der Waals surface area contributed by atoms with Crippen molar-refractivity contribution in [3.8, 4) is 11.5 Å². The summed E-state index contributed by atoms with van der Waals surface area (Å²) in [4.78, 5) is 1.70. The Morgan fingerprint density at radius 1 is 0.757 bits per heavy atom. The normalized spacial score (nSPS) is 11.8. The standard InChI is InChI=1S/C28H42O2S.C4H10N.Ni/c1-19(2)13-15-27(5,6)21-9-11-23(29)25(17-21)31-26-18-22(10-12-24(26)30)28(7,8)16-14-20(3)4;1-2-3-4-5;/h9-12,17-20,29-30H,13-16H2,1-8H3;5H,2-4H2,1H3;/q;-1;/p+1. The summed E-state index contributed by atoms with van der Waals surface area (Å²) in [6.45, 7) is 20.8. The van der Waals surface area contributed by atoms with E-state index >= 15 is 0 Å². The summed E-state index contributed by atoms with van der Waals surface area (Å²) in [6.07, 6.45) is 6.78. The first-order valence-electron chi connectivity index (χ1n) is 13.8. The molecule has 0 spiro atoms. The second-order valence-corrected chi connectivity index (χ2v) is 13.4. The second kappa shape index (κ2) is 16.7. The van der Waals surface area contributed by atoms with Crippen molar-refractivity contribution < 1.29 is 26.7 Å². The third kappa shape index (κ3) is 12.5. The van der Waals surface area contributed by atoms with Gasteiger partial charge in [-0.05, 0) is 58.8 Å². The molecule has 37 heavy (non-hydrogen) atoms. The number of hydrogen-bond acceptors (Lipinski definition) is 2. The summed E-state index contributed by atoms with van der Waals surface area (Å²) in [5.74, 6) is 1.92. The molecule has 0 atom stereocenters. The van der Waals surface area contributed by atoms with Gasteiger partial charge in [0.15, 0.2) is 21.3 Å². The number of hydrogen-bond donors (Lipinski definition) is 2. The van der Waals surface area contributed by atoms with E-state index in [0.717, 1.165) is 47.2 Å². The van der Waals surface area contributed by atoms with Crippen molar-refractivity contribution in [1.29, 1.82) is 0 Å². The van der Waals surface area contributed by atoms with Crippen LogP contribution in [0.5, 0.6) is 11.5 Å². The molecule has 0 aromatic heterocycles. The molecule has 3 nitrogen and oxygen atoms in total. The zero-order valence-corrected chi connectivity index (χ0v) is 26.6. The molecule has 0 amide bonds. The first-order chi connectivity index (χ1) is 16.7.